The van der Waals surface area contributed by atoms with Gasteiger partial charge in [0.1, 0.15) is 11.6 Å². The average Bonchev–Trinajstić information content (AvgIpc) is 3.40. The first-order valence-electron chi connectivity index (χ1n) is 9.57. The number of hydrogen-bond acceptors (Lipinski definition) is 5. The first-order chi connectivity index (χ1) is 14.5. The number of nitrogens with one attached hydrogen (secondary N) is 1. The number of rotatable bonds is 3. The molecule has 0 aliphatic carbocycles. The number of nitrogens with zero attached hydrogens (tertiary/aromatic N) is 5. The van der Waals surface area contributed by atoms with Crippen molar-refractivity contribution in [3.05, 3.63) is 66.4 Å². The molecule has 1 aliphatic heterocycles. The van der Waals surface area contributed by atoms with Crippen LogP contribution in [-0.4, -0.2) is 31.5 Å². The number of anilines is 1. The average molecular weight is 410 g/mol. The predicted octanol–water partition coefficient (Wildman–Crippen LogP) is 4.78. The van der Waals surface area contributed by atoms with Gasteiger partial charge in [0.05, 0.1) is 17.1 Å². The molecule has 4 aromatic rings. The highest BCUT2D eigenvalue weighted by Crippen LogP contribution is 2.38. The Hall–Kier alpha value is -3.49. The van der Waals surface area contributed by atoms with Gasteiger partial charge in [-0.25, -0.2) is 15.0 Å². The minimum absolute atomic E-state index is 0.0254. The molecule has 1 aromatic carbocycles. The maximum atomic E-state index is 13.6. The Bertz CT molecular complexity index is 1160. The smallest absolute Gasteiger partial charge is 0.346 e. The maximum Gasteiger partial charge on any atom is 0.433 e. The molecule has 0 amide bonds. The Morgan fingerprint density at radius 2 is 1.80 bits per heavy atom. The lowest BCUT2D eigenvalue weighted by molar-refractivity contribution is -0.141. The third-order valence-corrected chi connectivity index (χ3v) is 5.21. The minimum atomic E-state index is -4.58. The molecule has 30 heavy (non-hydrogen) atoms. The summed E-state index contributed by atoms with van der Waals surface area (Å²) in [5.41, 5.74) is 1.25. The summed E-state index contributed by atoms with van der Waals surface area (Å²) in [4.78, 5) is 22.0. The van der Waals surface area contributed by atoms with E-state index < -0.39 is 11.9 Å². The second-order valence-corrected chi connectivity index (χ2v) is 7.16. The lowest BCUT2D eigenvalue weighted by atomic mass is 10.2. The van der Waals surface area contributed by atoms with Gasteiger partial charge in [-0.3, -0.25) is 4.98 Å². The van der Waals surface area contributed by atoms with Gasteiger partial charge in [0.15, 0.2) is 11.5 Å². The van der Waals surface area contributed by atoms with Crippen molar-refractivity contribution in [1.82, 2.24) is 24.9 Å². The van der Waals surface area contributed by atoms with Crippen LogP contribution in [0.3, 0.4) is 0 Å². The summed E-state index contributed by atoms with van der Waals surface area (Å²) in [6, 6.07) is 11.7. The molecular weight excluding hydrogens is 393 g/mol. The van der Waals surface area contributed by atoms with Gasteiger partial charge in [0.2, 0.25) is 0 Å². The van der Waals surface area contributed by atoms with Crippen LogP contribution in [0.2, 0.25) is 0 Å². The standard InChI is InChI=1S/C21H17F3N6/c22-21(23,24)17-12-18(29-19(28-17)13-7-9-25-10-8-13)30-11-3-6-16(30)20-26-14-4-1-2-5-15(14)27-20/h1-2,4-5,7-10,12,16H,3,6,11H2,(H,26,27). The second kappa shape index (κ2) is 7.08. The topological polar surface area (TPSA) is 70.6 Å². The molecule has 9 heteroatoms. The molecule has 1 saturated heterocycles. The lowest BCUT2D eigenvalue weighted by Crippen LogP contribution is -2.25. The number of aromatic amines is 1. The molecule has 0 saturated carbocycles. The van der Waals surface area contributed by atoms with E-state index >= 15 is 0 Å². The molecule has 1 N–H and O–H groups in total. The number of pyridine rings is 1. The highest BCUT2D eigenvalue weighted by molar-refractivity contribution is 5.75. The number of H-pyrrole nitrogens is 1. The number of fused-ring (bicyclic) bond motifs is 1. The molecule has 5 rings (SSSR count). The first-order valence-corrected chi connectivity index (χ1v) is 9.57. The van der Waals surface area contributed by atoms with Crippen LogP contribution in [0.5, 0.6) is 0 Å². The molecule has 0 spiro atoms. The fourth-order valence-corrected chi connectivity index (χ4v) is 3.81. The summed E-state index contributed by atoms with van der Waals surface area (Å²) in [6.07, 6.45) is 0.0405. The van der Waals surface area contributed by atoms with E-state index in [9.17, 15) is 13.2 Å². The van der Waals surface area contributed by atoms with Crippen LogP contribution in [0.25, 0.3) is 22.4 Å². The Morgan fingerprint density at radius 3 is 2.57 bits per heavy atom. The molecule has 0 radical (unpaired) electrons. The Labute approximate surface area is 169 Å². The fourth-order valence-electron chi connectivity index (χ4n) is 3.81. The molecular formula is C21H17F3N6. The van der Waals surface area contributed by atoms with E-state index in [-0.39, 0.29) is 17.7 Å². The van der Waals surface area contributed by atoms with E-state index in [0.29, 0.717) is 12.1 Å². The fraction of sp³-hybridized carbons (Fsp3) is 0.238. The van der Waals surface area contributed by atoms with E-state index in [2.05, 4.69) is 24.9 Å². The largest absolute Gasteiger partial charge is 0.433 e. The van der Waals surface area contributed by atoms with Crippen molar-refractivity contribution in [3.63, 3.8) is 0 Å². The summed E-state index contributed by atoms with van der Waals surface area (Å²) in [5, 5.41) is 0. The van der Waals surface area contributed by atoms with E-state index in [1.807, 2.05) is 29.2 Å². The highest BCUT2D eigenvalue weighted by Gasteiger charge is 2.36. The highest BCUT2D eigenvalue weighted by atomic mass is 19.4. The maximum absolute atomic E-state index is 13.6. The second-order valence-electron chi connectivity index (χ2n) is 7.16. The Kier molecular flexibility index (Phi) is 4.38. The summed E-state index contributed by atoms with van der Waals surface area (Å²) >= 11 is 0. The third kappa shape index (κ3) is 3.36. The van der Waals surface area contributed by atoms with Gasteiger partial charge in [0, 0.05) is 30.6 Å². The first kappa shape index (κ1) is 18.5. The van der Waals surface area contributed by atoms with Gasteiger partial charge in [-0.15, -0.1) is 0 Å². The molecule has 3 aromatic heterocycles. The summed E-state index contributed by atoms with van der Waals surface area (Å²) in [5.74, 6) is 0.996. The van der Waals surface area contributed by atoms with Crippen molar-refractivity contribution >= 4 is 16.9 Å². The van der Waals surface area contributed by atoms with E-state index in [1.165, 1.54) is 12.4 Å². The zero-order chi connectivity index (χ0) is 20.7. The zero-order valence-electron chi connectivity index (χ0n) is 15.8. The van der Waals surface area contributed by atoms with Crippen LogP contribution in [-0.2, 0) is 6.18 Å². The number of alkyl halides is 3. The Balaban J connectivity index is 1.59. The van der Waals surface area contributed by atoms with Crippen LogP contribution < -0.4 is 4.90 Å². The minimum Gasteiger partial charge on any atom is -0.346 e. The van der Waals surface area contributed by atoms with Crippen LogP contribution in [0, 0.1) is 0 Å². The molecule has 1 aliphatic rings. The zero-order valence-corrected chi connectivity index (χ0v) is 15.8. The van der Waals surface area contributed by atoms with Crippen molar-refractivity contribution in [3.8, 4) is 11.4 Å². The number of benzene rings is 1. The molecule has 4 heterocycles. The molecule has 1 fully saturated rings. The van der Waals surface area contributed by atoms with Gasteiger partial charge in [-0.2, -0.15) is 13.2 Å². The van der Waals surface area contributed by atoms with E-state index in [1.54, 1.807) is 12.1 Å². The molecule has 6 nitrogen and oxygen atoms in total. The Morgan fingerprint density at radius 1 is 1.00 bits per heavy atom. The lowest BCUT2D eigenvalue weighted by Gasteiger charge is -2.25. The predicted molar refractivity (Wildman–Crippen MR) is 106 cm³/mol. The van der Waals surface area contributed by atoms with Crippen molar-refractivity contribution in [2.75, 3.05) is 11.4 Å². The summed E-state index contributed by atoms with van der Waals surface area (Å²) in [6.45, 7) is 0.589. The SMILES string of the molecule is FC(F)(F)c1cc(N2CCCC2c2nc3ccccc3[nH]2)nc(-c2ccncc2)n1. The van der Waals surface area contributed by atoms with Gasteiger partial charge in [-0.05, 0) is 37.1 Å². The van der Waals surface area contributed by atoms with Crippen LogP contribution >= 0.6 is 0 Å². The van der Waals surface area contributed by atoms with Crippen molar-refractivity contribution in [2.45, 2.75) is 25.1 Å². The van der Waals surface area contributed by atoms with Gasteiger partial charge < -0.3 is 9.88 Å². The number of aromatic nitrogens is 5. The van der Waals surface area contributed by atoms with Crippen molar-refractivity contribution in [2.24, 2.45) is 0 Å². The number of imidazole rings is 1. The number of para-hydroxylation sites is 2. The van der Waals surface area contributed by atoms with Crippen LogP contribution in [0.15, 0.2) is 54.9 Å². The van der Waals surface area contributed by atoms with E-state index in [4.69, 9.17) is 0 Å². The molecule has 0 bridgehead atoms. The molecule has 1 unspecified atom stereocenters. The van der Waals surface area contributed by atoms with Crippen molar-refractivity contribution in [1.29, 1.82) is 0 Å². The molecule has 152 valence electrons. The van der Waals surface area contributed by atoms with Gasteiger partial charge >= 0.3 is 6.18 Å². The number of halogens is 3. The summed E-state index contributed by atoms with van der Waals surface area (Å²) in [7, 11) is 0. The number of hydrogen-bond donors (Lipinski definition) is 1. The third-order valence-electron chi connectivity index (χ3n) is 5.21. The molecule has 1 atom stereocenters. The van der Waals surface area contributed by atoms with Crippen LogP contribution in [0.4, 0.5) is 19.0 Å². The normalized spacial score (nSPS) is 17.0. The monoisotopic (exact) mass is 410 g/mol. The van der Waals surface area contributed by atoms with E-state index in [0.717, 1.165) is 35.8 Å². The quantitative estimate of drug-likeness (QED) is 0.527. The van der Waals surface area contributed by atoms with Gasteiger partial charge in [-0.1, -0.05) is 12.1 Å². The summed E-state index contributed by atoms with van der Waals surface area (Å²) < 4.78 is 40.7. The van der Waals surface area contributed by atoms with Crippen LogP contribution in [0.1, 0.15) is 30.4 Å². The van der Waals surface area contributed by atoms with Gasteiger partial charge in [0.25, 0.3) is 0 Å². The van der Waals surface area contributed by atoms with Crippen molar-refractivity contribution < 1.29 is 13.2 Å².